The van der Waals surface area contributed by atoms with Gasteiger partial charge in [0, 0.05) is 5.56 Å². The summed E-state index contributed by atoms with van der Waals surface area (Å²) in [5.41, 5.74) is 2.17. The minimum atomic E-state index is -0.491. The van der Waals surface area contributed by atoms with Gasteiger partial charge in [0.25, 0.3) is 0 Å². The number of hydrogen-bond acceptors (Lipinski definition) is 2. The molecular weight excluding hydrogens is 274 g/mol. The van der Waals surface area contributed by atoms with Crippen molar-refractivity contribution in [2.75, 3.05) is 0 Å². The van der Waals surface area contributed by atoms with Crippen LogP contribution in [-0.2, 0) is 13.0 Å². The molecule has 1 N–H and O–H groups in total. The molecule has 0 saturated carbocycles. The average molecular weight is 290 g/mol. The molecule has 0 aromatic heterocycles. The number of hydrogen-bond donors (Lipinski definition) is 1. The summed E-state index contributed by atoms with van der Waals surface area (Å²) in [5.74, 6) is -0.427. The Balaban J connectivity index is 1.76. The lowest BCUT2D eigenvalue weighted by atomic mass is 9.89. The van der Waals surface area contributed by atoms with Crippen molar-refractivity contribution in [3.05, 3.63) is 64.7 Å². The Morgan fingerprint density at radius 1 is 1.14 bits per heavy atom. The van der Waals surface area contributed by atoms with E-state index in [0.717, 1.165) is 48.6 Å². The number of aliphatic hydroxyl groups is 1. The molecule has 0 spiro atoms. The number of ether oxygens (including phenoxy) is 1. The monoisotopic (exact) mass is 290 g/mol. The molecule has 0 bridgehead atoms. The summed E-state index contributed by atoms with van der Waals surface area (Å²) in [6, 6.07) is 8.81. The highest BCUT2D eigenvalue weighted by molar-refractivity contribution is 5.38. The Bertz CT molecular complexity index is 655. The molecule has 1 aliphatic carbocycles. The van der Waals surface area contributed by atoms with Gasteiger partial charge >= 0.3 is 0 Å². The first-order chi connectivity index (χ1) is 10.1. The van der Waals surface area contributed by atoms with Gasteiger partial charge in [-0.1, -0.05) is 6.07 Å². The minimum absolute atomic E-state index is 0.0432. The van der Waals surface area contributed by atoms with E-state index >= 15 is 0 Å². The van der Waals surface area contributed by atoms with Gasteiger partial charge in [0.15, 0.2) is 0 Å². The zero-order valence-electron chi connectivity index (χ0n) is 11.5. The highest BCUT2D eigenvalue weighted by Crippen LogP contribution is 2.32. The fourth-order valence-electron chi connectivity index (χ4n) is 2.66. The van der Waals surface area contributed by atoms with Crippen LogP contribution >= 0.6 is 0 Å². The first-order valence-electron chi connectivity index (χ1n) is 7.01. The quantitative estimate of drug-likeness (QED) is 0.928. The Kier molecular flexibility index (Phi) is 3.88. The van der Waals surface area contributed by atoms with Crippen molar-refractivity contribution in [3.63, 3.8) is 0 Å². The summed E-state index contributed by atoms with van der Waals surface area (Å²) in [7, 11) is 0. The van der Waals surface area contributed by atoms with Crippen LogP contribution < -0.4 is 4.74 Å². The number of fused-ring (bicyclic) bond motifs is 1. The minimum Gasteiger partial charge on any atom is -0.489 e. The normalized spacial score (nSPS) is 17.4. The standard InChI is InChI=1S/C17H16F2O2/c18-13-5-7-16(19)12(8-13)10-21-14-6-4-11-2-1-3-17(20)15(11)9-14/h4-9,17,20H,1-3,10H2. The number of aryl methyl sites for hydroxylation is 1. The second-order valence-corrected chi connectivity index (χ2v) is 5.29. The van der Waals surface area contributed by atoms with Crippen molar-refractivity contribution in [2.24, 2.45) is 0 Å². The molecule has 1 aliphatic rings. The first kappa shape index (κ1) is 14.0. The molecule has 0 saturated heterocycles. The van der Waals surface area contributed by atoms with E-state index in [9.17, 15) is 13.9 Å². The first-order valence-corrected chi connectivity index (χ1v) is 7.01. The molecule has 1 unspecified atom stereocenters. The zero-order valence-corrected chi connectivity index (χ0v) is 11.5. The lowest BCUT2D eigenvalue weighted by Gasteiger charge is -2.22. The van der Waals surface area contributed by atoms with Gasteiger partial charge in [0.2, 0.25) is 0 Å². The lowest BCUT2D eigenvalue weighted by Crippen LogP contribution is -2.09. The summed E-state index contributed by atoms with van der Waals surface area (Å²) >= 11 is 0. The van der Waals surface area contributed by atoms with Crippen LogP contribution in [0.1, 0.15) is 35.6 Å². The summed E-state index contributed by atoms with van der Waals surface area (Å²) < 4.78 is 32.1. The van der Waals surface area contributed by atoms with Gasteiger partial charge < -0.3 is 9.84 Å². The SMILES string of the molecule is OC1CCCc2ccc(OCc3cc(F)ccc3F)cc21. The van der Waals surface area contributed by atoms with Crippen molar-refractivity contribution in [2.45, 2.75) is 32.0 Å². The van der Waals surface area contributed by atoms with E-state index in [1.807, 2.05) is 6.07 Å². The van der Waals surface area contributed by atoms with Gasteiger partial charge in [-0.3, -0.25) is 0 Å². The Hall–Kier alpha value is -1.94. The number of benzene rings is 2. The maximum Gasteiger partial charge on any atom is 0.130 e. The molecule has 0 amide bonds. The van der Waals surface area contributed by atoms with Crippen molar-refractivity contribution in [1.82, 2.24) is 0 Å². The van der Waals surface area contributed by atoms with E-state index in [2.05, 4.69) is 0 Å². The van der Waals surface area contributed by atoms with Gasteiger partial charge in [-0.05, 0) is 60.7 Å². The van der Waals surface area contributed by atoms with E-state index in [0.29, 0.717) is 5.75 Å². The smallest absolute Gasteiger partial charge is 0.130 e. The highest BCUT2D eigenvalue weighted by Gasteiger charge is 2.18. The van der Waals surface area contributed by atoms with Crippen molar-refractivity contribution in [1.29, 1.82) is 0 Å². The van der Waals surface area contributed by atoms with Gasteiger partial charge in [0.05, 0.1) is 6.10 Å². The molecule has 3 rings (SSSR count). The summed E-state index contributed by atoms with van der Waals surface area (Å²) in [4.78, 5) is 0. The summed E-state index contributed by atoms with van der Waals surface area (Å²) in [6.07, 6.45) is 2.20. The molecule has 0 heterocycles. The summed E-state index contributed by atoms with van der Waals surface area (Å²) in [5, 5.41) is 9.99. The van der Waals surface area contributed by atoms with E-state index in [1.54, 1.807) is 12.1 Å². The molecule has 21 heavy (non-hydrogen) atoms. The van der Waals surface area contributed by atoms with Crippen molar-refractivity contribution in [3.8, 4) is 5.75 Å². The molecule has 0 aliphatic heterocycles. The topological polar surface area (TPSA) is 29.5 Å². The van der Waals surface area contributed by atoms with Crippen LogP contribution in [0.15, 0.2) is 36.4 Å². The molecule has 2 aromatic rings. The van der Waals surface area contributed by atoms with Gasteiger partial charge in [-0.15, -0.1) is 0 Å². The van der Waals surface area contributed by atoms with Crippen LogP contribution in [0.4, 0.5) is 8.78 Å². The third kappa shape index (κ3) is 3.05. The van der Waals surface area contributed by atoms with Crippen molar-refractivity contribution >= 4 is 0 Å². The predicted molar refractivity (Wildman–Crippen MR) is 75.0 cm³/mol. The molecule has 0 radical (unpaired) electrons. The second-order valence-electron chi connectivity index (χ2n) is 5.29. The predicted octanol–water partition coefficient (Wildman–Crippen LogP) is 3.91. The van der Waals surface area contributed by atoms with E-state index in [-0.39, 0.29) is 12.2 Å². The molecule has 0 fully saturated rings. The number of halogens is 2. The van der Waals surface area contributed by atoms with Crippen LogP contribution in [-0.4, -0.2) is 5.11 Å². The second kappa shape index (κ2) is 5.82. The molecular formula is C17H16F2O2. The maximum atomic E-state index is 13.5. The Labute approximate surface area is 122 Å². The molecule has 1 atom stereocenters. The average Bonchev–Trinajstić information content (AvgIpc) is 2.49. The highest BCUT2D eigenvalue weighted by atomic mass is 19.1. The lowest BCUT2D eigenvalue weighted by molar-refractivity contribution is 0.156. The fourth-order valence-corrected chi connectivity index (χ4v) is 2.66. The van der Waals surface area contributed by atoms with E-state index in [1.165, 1.54) is 0 Å². The van der Waals surface area contributed by atoms with Crippen LogP contribution in [0.3, 0.4) is 0 Å². The van der Waals surface area contributed by atoms with Crippen molar-refractivity contribution < 1.29 is 18.6 Å². The van der Waals surface area contributed by atoms with E-state index in [4.69, 9.17) is 4.74 Å². The fraction of sp³-hybridized carbons (Fsp3) is 0.294. The zero-order chi connectivity index (χ0) is 14.8. The summed E-state index contributed by atoms with van der Waals surface area (Å²) in [6.45, 7) is -0.0432. The Morgan fingerprint density at radius 2 is 2.00 bits per heavy atom. The van der Waals surface area contributed by atoms with Crippen LogP contribution in [0.25, 0.3) is 0 Å². The maximum absolute atomic E-state index is 13.5. The third-order valence-corrected chi connectivity index (χ3v) is 3.80. The molecule has 4 heteroatoms. The van der Waals surface area contributed by atoms with Crippen LogP contribution in [0, 0.1) is 11.6 Å². The third-order valence-electron chi connectivity index (χ3n) is 3.80. The van der Waals surface area contributed by atoms with Gasteiger partial charge in [-0.25, -0.2) is 8.78 Å². The van der Waals surface area contributed by atoms with Crippen LogP contribution in [0.5, 0.6) is 5.75 Å². The van der Waals surface area contributed by atoms with Gasteiger partial charge in [0.1, 0.15) is 24.0 Å². The van der Waals surface area contributed by atoms with E-state index < -0.39 is 17.7 Å². The largest absolute Gasteiger partial charge is 0.489 e. The van der Waals surface area contributed by atoms with Crippen LogP contribution in [0.2, 0.25) is 0 Å². The number of rotatable bonds is 3. The molecule has 2 aromatic carbocycles. The number of aliphatic hydroxyl groups excluding tert-OH is 1. The molecule has 2 nitrogen and oxygen atoms in total. The molecule has 110 valence electrons. The Morgan fingerprint density at radius 3 is 2.86 bits per heavy atom. The van der Waals surface area contributed by atoms with Gasteiger partial charge in [-0.2, -0.15) is 0 Å².